The molecule has 0 unspecified atom stereocenters. The van der Waals surface area contributed by atoms with Crippen molar-refractivity contribution >= 4 is 37.5 Å². The molecule has 20 heavy (non-hydrogen) atoms. The number of carbonyl (C=O) groups excluding carboxylic acids is 1. The maximum atomic E-state index is 11.9. The maximum Gasteiger partial charge on any atom is 0.241 e. The fourth-order valence-electron chi connectivity index (χ4n) is 1.50. The summed E-state index contributed by atoms with van der Waals surface area (Å²) in [7, 11) is -3.77. The van der Waals surface area contributed by atoms with Crippen LogP contribution in [0.25, 0.3) is 0 Å². The molecule has 1 aromatic rings. The minimum absolute atomic E-state index is 0.0337. The lowest BCUT2D eigenvalue weighted by atomic mass is 9.99. The summed E-state index contributed by atoms with van der Waals surface area (Å²) in [5, 5.41) is 7.68. The van der Waals surface area contributed by atoms with Gasteiger partial charge in [0.1, 0.15) is 0 Å². The second-order valence-electron chi connectivity index (χ2n) is 4.59. The van der Waals surface area contributed by atoms with Gasteiger partial charge in [-0.3, -0.25) is 4.79 Å². The largest absolute Gasteiger partial charge is 0.324 e. The highest BCUT2D eigenvalue weighted by Crippen LogP contribution is 2.25. The van der Waals surface area contributed by atoms with E-state index in [9.17, 15) is 13.2 Å². The van der Waals surface area contributed by atoms with E-state index in [-0.39, 0.29) is 16.7 Å². The van der Waals surface area contributed by atoms with Crippen LogP contribution in [0.15, 0.2) is 27.6 Å². The standard InChI is InChI=1S/C12H18BrN3O3S/c1-3-7(2)11(14)12(17)16-10-5-4-8(6-9(10)13)20(15,18)19/h4-7,11H,3,14H2,1-2H3,(H,16,17)(H2,15,18,19)/t7-,11-/m0/s1. The molecule has 0 aliphatic heterocycles. The summed E-state index contributed by atoms with van der Waals surface area (Å²) in [5.74, 6) is -0.263. The van der Waals surface area contributed by atoms with Gasteiger partial charge in [-0.2, -0.15) is 0 Å². The summed E-state index contributed by atoms with van der Waals surface area (Å²) >= 11 is 3.20. The van der Waals surface area contributed by atoms with Gasteiger partial charge < -0.3 is 11.1 Å². The van der Waals surface area contributed by atoms with Gasteiger partial charge >= 0.3 is 0 Å². The molecule has 0 saturated carbocycles. The molecule has 0 saturated heterocycles. The third-order valence-corrected chi connectivity index (χ3v) is 4.65. The van der Waals surface area contributed by atoms with Gasteiger partial charge in [0.25, 0.3) is 0 Å². The van der Waals surface area contributed by atoms with Gasteiger partial charge in [-0.15, -0.1) is 0 Å². The molecule has 0 aliphatic carbocycles. The molecular formula is C12H18BrN3O3S. The van der Waals surface area contributed by atoms with E-state index in [0.29, 0.717) is 10.2 Å². The Kier molecular flexibility index (Phi) is 5.69. The minimum atomic E-state index is -3.77. The Balaban J connectivity index is 2.92. The molecule has 5 N–H and O–H groups in total. The smallest absolute Gasteiger partial charge is 0.241 e. The molecule has 0 fully saturated rings. The third kappa shape index (κ3) is 4.27. The van der Waals surface area contributed by atoms with E-state index in [1.165, 1.54) is 18.2 Å². The zero-order valence-electron chi connectivity index (χ0n) is 11.3. The Hall–Kier alpha value is -0.960. The van der Waals surface area contributed by atoms with E-state index in [2.05, 4.69) is 21.2 Å². The fraction of sp³-hybridized carbons (Fsp3) is 0.417. The molecule has 0 radical (unpaired) electrons. The molecule has 8 heteroatoms. The molecule has 0 aromatic heterocycles. The molecule has 6 nitrogen and oxygen atoms in total. The van der Waals surface area contributed by atoms with E-state index in [4.69, 9.17) is 10.9 Å². The normalized spacial score (nSPS) is 14.7. The lowest BCUT2D eigenvalue weighted by molar-refractivity contribution is -0.118. The lowest BCUT2D eigenvalue weighted by Gasteiger charge is -2.18. The Morgan fingerprint density at radius 1 is 1.45 bits per heavy atom. The molecule has 1 rings (SSSR count). The van der Waals surface area contributed by atoms with Crippen LogP contribution in [0.5, 0.6) is 0 Å². The summed E-state index contributed by atoms with van der Waals surface area (Å²) in [6.07, 6.45) is 0.792. The van der Waals surface area contributed by atoms with Gasteiger partial charge in [-0.05, 0) is 40.0 Å². The maximum absolute atomic E-state index is 11.9. The summed E-state index contributed by atoms with van der Waals surface area (Å²) in [4.78, 5) is 11.9. The van der Waals surface area contributed by atoms with E-state index in [1.807, 2.05) is 13.8 Å². The molecule has 0 bridgehead atoms. The van der Waals surface area contributed by atoms with Crippen LogP contribution in [0.2, 0.25) is 0 Å². The van der Waals surface area contributed by atoms with Gasteiger partial charge in [0.05, 0.1) is 16.6 Å². The number of carbonyl (C=O) groups is 1. The van der Waals surface area contributed by atoms with Crippen LogP contribution in [0.3, 0.4) is 0 Å². The summed E-state index contributed by atoms with van der Waals surface area (Å²) in [5.41, 5.74) is 6.27. The molecule has 1 amide bonds. The van der Waals surface area contributed by atoms with Crippen LogP contribution in [0.1, 0.15) is 20.3 Å². The van der Waals surface area contributed by atoms with Crippen molar-refractivity contribution < 1.29 is 13.2 Å². The van der Waals surface area contributed by atoms with Crippen molar-refractivity contribution in [3.8, 4) is 0 Å². The lowest BCUT2D eigenvalue weighted by Crippen LogP contribution is -2.40. The highest BCUT2D eigenvalue weighted by Gasteiger charge is 2.20. The number of halogens is 1. The van der Waals surface area contributed by atoms with E-state index < -0.39 is 16.1 Å². The van der Waals surface area contributed by atoms with Crippen LogP contribution in [-0.2, 0) is 14.8 Å². The van der Waals surface area contributed by atoms with Crippen LogP contribution >= 0.6 is 15.9 Å². The second kappa shape index (κ2) is 6.66. The minimum Gasteiger partial charge on any atom is -0.324 e. The summed E-state index contributed by atoms with van der Waals surface area (Å²) < 4.78 is 22.8. The Labute approximate surface area is 127 Å². The first-order chi connectivity index (χ1) is 9.16. The van der Waals surface area contributed by atoms with Crippen molar-refractivity contribution in [2.24, 2.45) is 16.8 Å². The van der Waals surface area contributed by atoms with Crippen LogP contribution in [0.4, 0.5) is 5.69 Å². The average molecular weight is 364 g/mol. The topological polar surface area (TPSA) is 115 Å². The number of benzene rings is 1. The number of sulfonamides is 1. The van der Waals surface area contributed by atoms with Crippen LogP contribution < -0.4 is 16.2 Å². The first-order valence-corrected chi connectivity index (χ1v) is 8.39. The number of nitrogens with one attached hydrogen (secondary N) is 1. The van der Waals surface area contributed by atoms with Crippen molar-refractivity contribution in [3.05, 3.63) is 22.7 Å². The van der Waals surface area contributed by atoms with Crippen molar-refractivity contribution in [2.75, 3.05) is 5.32 Å². The summed E-state index contributed by atoms with van der Waals surface area (Å²) in [6, 6.07) is 3.50. The molecule has 2 atom stereocenters. The quantitative estimate of drug-likeness (QED) is 0.733. The molecule has 0 spiro atoms. The number of primary sulfonamides is 1. The zero-order valence-corrected chi connectivity index (χ0v) is 13.7. The van der Waals surface area contributed by atoms with E-state index in [1.54, 1.807) is 0 Å². The van der Waals surface area contributed by atoms with Crippen molar-refractivity contribution in [2.45, 2.75) is 31.2 Å². The second-order valence-corrected chi connectivity index (χ2v) is 7.00. The highest BCUT2D eigenvalue weighted by molar-refractivity contribution is 9.10. The van der Waals surface area contributed by atoms with E-state index in [0.717, 1.165) is 6.42 Å². The third-order valence-electron chi connectivity index (χ3n) is 3.09. The van der Waals surface area contributed by atoms with Gasteiger partial charge in [-0.1, -0.05) is 20.3 Å². The monoisotopic (exact) mass is 363 g/mol. The zero-order chi connectivity index (χ0) is 15.5. The predicted molar refractivity (Wildman–Crippen MR) is 81.6 cm³/mol. The van der Waals surface area contributed by atoms with Crippen molar-refractivity contribution in [1.82, 2.24) is 0 Å². The van der Waals surface area contributed by atoms with Crippen LogP contribution in [0, 0.1) is 5.92 Å². The Morgan fingerprint density at radius 3 is 2.50 bits per heavy atom. The first-order valence-electron chi connectivity index (χ1n) is 6.05. The average Bonchev–Trinajstić information content (AvgIpc) is 2.37. The molecule has 1 aromatic carbocycles. The molecule has 112 valence electrons. The Morgan fingerprint density at radius 2 is 2.05 bits per heavy atom. The van der Waals surface area contributed by atoms with Gasteiger partial charge in [0, 0.05) is 4.47 Å². The first kappa shape index (κ1) is 17.1. The van der Waals surface area contributed by atoms with Crippen molar-refractivity contribution in [3.63, 3.8) is 0 Å². The van der Waals surface area contributed by atoms with Crippen LogP contribution in [-0.4, -0.2) is 20.4 Å². The number of hydrogen-bond acceptors (Lipinski definition) is 4. The number of anilines is 1. The number of hydrogen-bond donors (Lipinski definition) is 3. The SMILES string of the molecule is CC[C@H](C)[C@H](N)C(=O)Nc1ccc(S(N)(=O)=O)cc1Br. The van der Waals surface area contributed by atoms with Crippen molar-refractivity contribution in [1.29, 1.82) is 0 Å². The Bertz CT molecular complexity index is 604. The number of rotatable bonds is 5. The summed E-state index contributed by atoms with van der Waals surface area (Å²) in [6.45, 7) is 3.85. The van der Waals surface area contributed by atoms with Gasteiger partial charge in [-0.25, -0.2) is 13.6 Å². The van der Waals surface area contributed by atoms with E-state index >= 15 is 0 Å². The molecule has 0 heterocycles. The number of nitrogens with two attached hydrogens (primary N) is 2. The molecular weight excluding hydrogens is 346 g/mol. The predicted octanol–water partition coefficient (Wildman–Crippen LogP) is 1.41. The highest BCUT2D eigenvalue weighted by atomic mass is 79.9. The van der Waals surface area contributed by atoms with Gasteiger partial charge in [0.2, 0.25) is 15.9 Å². The number of amides is 1. The fourth-order valence-corrected chi connectivity index (χ4v) is 2.67. The van der Waals surface area contributed by atoms with Gasteiger partial charge in [0.15, 0.2) is 0 Å². The molecule has 0 aliphatic rings.